The molecule has 16 heteroatoms. The quantitative estimate of drug-likeness (QED) is 0.0447. The first kappa shape index (κ1) is 39.3. The van der Waals surface area contributed by atoms with E-state index in [1.807, 2.05) is 24.3 Å². The zero-order valence-corrected chi connectivity index (χ0v) is 32.8. The Labute approximate surface area is 311 Å². The largest absolute Gasteiger partial charge is 0.493 e. The fourth-order valence-corrected chi connectivity index (χ4v) is 7.62. The lowest BCUT2D eigenvalue weighted by molar-refractivity contribution is 0.0338. The molecule has 0 N–H and O–H groups in total. The molecule has 0 saturated carbocycles. The number of amides is 2. The maximum Gasteiger partial charge on any atom is 0.416 e. The number of ether oxygens (including phenoxy) is 3. The highest BCUT2D eigenvalue weighted by molar-refractivity contribution is 7.85. The summed E-state index contributed by atoms with van der Waals surface area (Å²) < 4.78 is 53.1. The number of hydrogen-bond donors (Lipinski definition) is 0. The number of azide groups is 1. The molecule has 14 nitrogen and oxygen atoms in total. The summed E-state index contributed by atoms with van der Waals surface area (Å²) in [5.74, 6) is 0.101. The molecule has 0 bridgehead atoms. The molecule has 0 radical (unpaired) electrons. The van der Waals surface area contributed by atoms with Crippen molar-refractivity contribution in [2.75, 3.05) is 24.9 Å². The fourth-order valence-electron chi connectivity index (χ4n) is 6.05. The maximum atomic E-state index is 14.7. The highest BCUT2D eigenvalue weighted by atomic mass is 32.2. The molecule has 53 heavy (non-hydrogen) atoms. The number of carbonyl (C=O) groups excluding carboxylic acids is 2. The number of fused-ring (bicyclic) bond motifs is 3. The lowest BCUT2D eigenvalue weighted by Crippen LogP contribution is -2.60. The summed E-state index contributed by atoms with van der Waals surface area (Å²) in [6, 6.07) is 15.2. The molecule has 3 aromatic carbocycles. The molecule has 0 saturated heterocycles. The zero-order chi connectivity index (χ0) is 38.7. The lowest BCUT2D eigenvalue weighted by Gasteiger charge is -2.47. The molecular formula is C37H45N5O9SSi. The third kappa shape index (κ3) is 8.86. The van der Waals surface area contributed by atoms with Crippen LogP contribution in [0.3, 0.4) is 0 Å². The molecule has 1 unspecified atom stereocenters. The third-order valence-electron chi connectivity index (χ3n) is 9.68. The highest BCUT2D eigenvalue weighted by Gasteiger charge is 2.50. The molecule has 0 aromatic heterocycles. The second-order valence-corrected chi connectivity index (χ2v) is 20.9. The second-order valence-electron chi connectivity index (χ2n) is 14.4. The Morgan fingerprint density at radius 1 is 1.08 bits per heavy atom. The number of nitrogens with zero attached hydrogens (tertiary/aromatic N) is 5. The van der Waals surface area contributed by atoms with Gasteiger partial charge in [0.15, 0.2) is 26.0 Å². The van der Waals surface area contributed by atoms with Gasteiger partial charge in [-0.2, -0.15) is 8.42 Å². The predicted octanol–water partition coefficient (Wildman–Crippen LogP) is 7.75. The van der Waals surface area contributed by atoms with Crippen molar-refractivity contribution >= 4 is 41.8 Å². The highest BCUT2D eigenvalue weighted by Crippen LogP contribution is 2.45. The van der Waals surface area contributed by atoms with Crippen LogP contribution < -0.4 is 14.4 Å². The van der Waals surface area contributed by atoms with Crippen LogP contribution in [0.1, 0.15) is 53.4 Å². The van der Waals surface area contributed by atoms with Crippen molar-refractivity contribution in [3.05, 3.63) is 106 Å². The Bertz CT molecular complexity index is 2060. The molecular weight excluding hydrogens is 719 g/mol. The van der Waals surface area contributed by atoms with Crippen LogP contribution in [-0.2, 0) is 49.6 Å². The van der Waals surface area contributed by atoms with Gasteiger partial charge in [-0.25, -0.2) is 9.69 Å². The number of carbonyl (C=O) groups is 2. The molecule has 0 aliphatic carbocycles. The average molecular weight is 764 g/mol. The summed E-state index contributed by atoms with van der Waals surface area (Å²) >= 11 is 0. The van der Waals surface area contributed by atoms with E-state index in [2.05, 4.69) is 50.5 Å². The van der Waals surface area contributed by atoms with E-state index in [-0.39, 0.29) is 59.2 Å². The Morgan fingerprint density at radius 3 is 2.38 bits per heavy atom. The fraction of sp³-hybridized carbons (Fsp3) is 0.405. The number of rotatable bonds is 12. The van der Waals surface area contributed by atoms with Crippen molar-refractivity contribution in [1.82, 2.24) is 4.90 Å². The smallest absolute Gasteiger partial charge is 0.416 e. The van der Waals surface area contributed by atoms with Gasteiger partial charge in [-0.15, -0.1) is 0 Å². The van der Waals surface area contributed by atoms with Crippen molar-refractivity contribution in [1.29, 1.82) is 0 Å². The topological polar surface area (TPSA) is 170 Å². The van der Waals surface area contributed by atoms with Gasteiger partial charge in [-0.1, -0.05) is 68.9 Å². The van der Waals surface area contributed by atoms with Crippen LogP contribution >= 0.6 is 0 Å². The van der Waals surface area contributed by atoms with Crippen molar-refractivity contribution < 1.29 is 40.8 Å². The van der Waals surface area contributed by atoms with E-state index in [9.17, 15) is 18.0 Å². The van der Waals surface area contributed by atoms with Crippen LogP contribution in [0.15, 0.2) is 72.4 Å². The molecule has 2 aliphatic heterocycles. The second kappa shape index (κ2) is 15.6. The Balaban J connectivity index is 1.65. The Hall–Kier alpha value is -4.86. The van der Waals surface area contributed by atoms with Crippen LogP contribution in [0.25, 0.3) is 10.4 Å². The van der Waals surface area contributed by atoms with E-state index in [4.69, 9.17) is 28.4 Å². The van der Waals surface area contributed by atoms with Crippen LogP contribution in [-0.4, -0.2) is 65.9 Å². The van der Waals surface area contributed by atoms with E-state index in [0.717, 1.165) is 17.4 Å². The summed E-state index contributed by atoms with van der Waals surface area (Å²) in [6.07, 6.45) is 1.18. The van der Waals surface area contributed by atoms with Crippen LogP contribution in [0, 0.1) is 0 Å². The van der Waals surface area contributed by atoms with Crippen molar-refractivity contribution in [2.24, 2.45) is 5.11 Å². The third-order valence-corrected chi connectivity index (χ3v) is 14.7. The minimum atomic E-state index is -3.74. The molecule has 2 amide bonds. The van der Waals surface area contributed by atoms with Gasteiger partial charge in [0, 0.05) is 23.2 Å². The van der Waals surface area contributed by atoms with Crippen molar-refractivity contribution in [3.8, 4) is 11.5 Å². The summed E-state index contributed by atoms with van der Waals surface area (Å²) in [5.41, 5.74) is 12.7. The first-order chi connectivity index (χ1) is 25.0. The SMILES string of the molecule is C=CCOC(=O)N1c2cc(OCc3cc(COS(C)(=O)=O)cc(N=[N+]=[N-])c3)c(OC)cc2C(=O)N2Cc3ccccc3C[C@H]2C1O[Si](C)(C)C(C)(C)C. The molecule has 2 aliphatic rings. The first-order valence-corrected chi connectivity index (χ1v) is 21.7. The van der Waals surface area contributed by atoms with E-state index in [1.165, 1.54) is 24.2 Å². The normalized spacial score (nSPS) is 17.1. The average Bonchev–Trinajstić information content (AvgIpc) is 3.18. The maximum absolute atomic E-state index is 14.7. The minimum Gasteiger partial charge on any atom is -0.493 e. The molecule has 3 aromatic rings. The number of methoxy groups -OCH3 is 1. The summed E-state index contributed by atoms with van der Waals surface area (Å²) in [6.45, 7) is 14.1. The zero-order valence-electron chi connectivity index (χ0n) is 31.0. The van der Waals surface area contributed by atoms with Gasteiger partial charge in [0.1, 0.15) is 13.2 Å². The minimum absolute atomic E-state index is 0.0744. The summed E-state index contributed by atoms with van der Waals surface area (Å²) in [4.78, 5) is 35.0. The number of hydrogen-bond acceptors (Lipinski definition) is 10. The predicted molar refractivity (Wildman–Crippen MR) is 202 cm³/mol. The van der Waals surface area contributed by atoms with Crippen molar-refractivity contribution in [3.63, 3.8) is 0 Å². The molecule has 282 valence electrons. The van der Waals surface area contributed by atoms with Gasteiger partial charge in [0.25, 0.3) is 16.0 Å². The summed E-state index contributed by atoms with van der Waals surface area (Å²) in [7, 11) is -4.92. The Kier molecular flexibility index (Phi) is 11.6. The molecule has 5 rings (SSSR count). The van der Waals surface area contributed by atoms with E-state index >= 15 is 0 Å². The van der Waals surface area contributed by atoms with Crippen LogP contribution in [0.4, 0.5) is 16.2 Å². The molecule has 2 heterocycles. The van der Waals surface area contributed by atoms with Gasteiger partial charge in [0.05, 0.1) is 37.3 Å². The van der Waals surface area contributed by atoms with Gasteiger partial charge in [-0.05, 0) is 70.5 Å². The molecule has 0 spiro atoms. The first-order valence-electron chi connectivity index (χ1n) is 17.0. The lowest BCUT2D eigenvalue weighted by atomic mass is 9.93. The monoisotopic (exact) mass is 763 g/mol. The molecule has 0 fully saturated rings. The molecule has 2 atom stereocenters. The van der Waals surface area contributed by atoms with E-state index in [1.54, 1.807) is 29.2 Å². The standard InChI is InChI=1S/C37H45N5O9SSi/c1-9-14-48-36(44)42-30-20-33(49-22-24-15-25(23-50-52(6,45)46)17-28(16-24)39-40-38)32(47-5)19-29(30)34(43)41-21-27-13-11-10-12-26(27)18-31(41)35(42)51-53(7,8)37(2,3)4/h9-13,15-17,19-20,31,35H,1,14,18,21-23H2,2-8H3/t31-,35?/m0/s1. The van der Waals surface area contributed by atoms with Crippen LogP contribution in [0.2, 0.25) is 18.1 Å². The van der Waals surface area contributed by atoms with Gasteiger partial charge in [-0.3, -0.25) is 8.98 Å². The van der Waals surface area contributed by atoms with E-state index in [0.29, 0.717) is 24.1 Å². The van der Waals surface area contributed by atoms with Crippen molar-refractivity contribution in [2.45, 2.75) is 77.4 Å². The number of benzene rings is 3. The van der Waals surface area contributed by atoms with Gasteiger partial charge >= 0.3 is 6.09 Å². The number of anilines is 1. The van der Waals surface area contributed by atoms with E-state index < -0.39 is 36.8 Å². The van der Waals surface area contributed by atoms with Gasteiger partial charge < -0.3 is 23.5 Å². The summed E-state index contributed by atoms with van der Waals surface area (Å²) in [5, 5.41) is 3.43. The van der Waals surface area contributed by atoms with Crippen LogP contribution in [0.5, 0.6) is 11.5 Å². The van der Waals surface area contributed by atoms with Gasteiger partial charge in [0.2, 0.25) is 0 Å². The Morgan fingerprint density at radius 2 is 1.75 bits per heavy atom.